The lowest BCUT2D eigenvalue weighted by Gasteiger charge is -2.14. The fraction of sp³-hybridized carbons (Fsp3) is 0.278. The molecule has 1 atom stereocenters. The highest BCUT2D eigenvalue weighted by Gasteiger charge is 2.10. The van der Waals surface area contributed by atoms with Gasteiger partial charge in [-0.15, -0.1) is 0 Å². The van der Waals surface area contributed by atoms with E-state index in [0.717, 1.165) is 22.4 Å². The molecule has 5 heteroatoms. The van der Waals surface area contributed by atoms with Gasteiger partial charge in [0, 0.05) is 31.2 Å². The molecule has 2 rings (SSSR count). The number of hydrogen-bond acceptors (Lipinski definition) is 4. The van der Waals surface area contributed by atoms with Crippen LogP contribution in [0.1, 0.15) is 11.1 Å². The van der Waals surface area contributed by atoms with E-state index in [1.165, 1.54) is 10.9 Å². The quantitative estimate of drug-likeness (QED) is 0.445. The molecular formula is C18H22NO3P. The van der Waals surface area contributed by atoms with Crippen LogP contribution in [0.3, 0.4) is 0 Å². The van der Waals surface area contributed by atoms with Gasteiger partial charge in [-0.05, 0) is 36.5 Å². The van der Waals surface area contributed by atoms with Gasteiger partial charge in [-0.2, -0.15) is 0 Å². The third-order valence-corrected chi connectivity index (χ3v) is 4.65. The molecule has 0 aromatic heterocycles. The second kappa shape index (κ2) is 8.66. The Kier molecular flexibility index (Phi) is 6.57. The highest BCUT2D eigenvalue weighted by molar-refractivity contribution is 7.56. The molecular weight excluding hydrogens is 309 g/mol. The first-order valence-corrected chi connectivity index (χ1v) is 8.27. The van der Waals surface area contributed by atoms with E-state index in [1.807, 2.05) is 24.4 Å². The molecule has 0 radical (unpaired) electrons. The maximum Gasteiger partial charge on any atom is 0.188 e. The molecule has 0 amide bonds. The summed E-state index contributed by atoms with van der Waals surface area (Å²) in [6.45, 7) is 2.31. The van der Waals surface area contributed by atoms with Gasteiger partial charge in [0.2, 0.25) is 0 Å². The number of ether oxygens (including phenoxy) is 3. The van der Waals surface area contributed by atoms with Gasteiger partial charge < -0.3 is 14.2 Å². The van der Waals surface area contributed by atoms with E-state index in [1.54, 1.807) is 21.3 Å². The lowest BCUT2D eigenvalue weighted by molar-refractivity contribution is 0.0519. The molecule has 0 fully saturated rings. The minimum Gasteiger partial charge on any atom is -0.497 e. The van der Waals surface area contributed by atoms with Crippen LogP contribution in [0, 0.1) is 6.92 Å². The molecule has 0 aliphatic rings. The van der Waals surface area contributed by atoms with Gasteiger partial charge in [0.25, 0.3) is 0 Å². The molecule has 122 valence electrons. The van der Waals surface area contributed by atoms with E-state index in [2.05, 4.69) is 30.1 Å². The Morgan fingerprint density at radius 3 is 2.61 bits per heavy atom. The largest absolute Gasteiger partial charge is 0.497 e. The standard InChI is InChI=1S/C18H22NO3P/c1-13-5-8-17(14(9-13)11-19-2)23-18-10-15(21-4)6-7-16(18)22-12-20-3/h5-11,23H,12H2,1-4H3. The highest BCUT2D eigenvalue weighted by atomic mass is 31.1. The SMILES string of the molecule is CN=Cc1cc(C)ccc1Pc1cc(OC)ccc1OCOC. The fourth-order valence-corrected chi connectivity index (χ4v) is 3.40. The zero-order chi connectivity index (χ0) is 16.7. The van der Waals surface area contributed by atoms with Gasteiger partial charge in [0.1, 0.15) is 11.5 Å². The van der Waals surface area contributed by atoms with Crippen molar-refractivity contribution in [2.75, 3.05) is 28.1 Å². The zero-order valence-electron chi connectivity index (χ0n) is 13.9. The number of nitrogens with zero attached hydrogens (tertiary/aromatic N) is 1. The van der Waals surface area contributed by atoms with Gasteiger partial charge in [-0.25, -0.2) is 0 Å². The first-order chi connectivity index (χ1) is 11.2. The van der Waals surface area contributed by atoms with Crippen molar-refractivity contribution in [2.45, 2.75) is 6.92 Å². The average molecular weight is 331 g/mol. The van der Waals surface area contributed by atoms with Crippen LogP contribution in [0.4, 0.5) is 0 Å². The molecule has 4 nitrogen and oxygen atoms in total. The number of hydrogen-bond donors (Lipinski definition) is 0. The summed E-state index contributed by atoms with van der Waals surface area (Å²) in [7, 11) is 5.50. The van der Waals surface area contributed by atoms with Crippen molar-refractivity contribution < 1.29 is 14.2 Å². The van der Waals surface area contributed by atoms with Gasteiger partial charge >= 0.3 is 0 Å². The highest BCUT2D eigenvalue weighted by Crippen LogP contribution is 2.25. The Balaban J connectivity index is 2.38. The van der Waals surface area contributed by atoms with Crippen LogP contribution in [0.25, 0.3) is 0 Å². The molecule has 0 N–H and O–H groups in total. The Morgan fingerprint density at radius 1 is 1.09 bits per heavy atom. The first-order valence-electron chi connectivity index (χ1n) is 7.27. The first kappa shape index (κ1) is 17.5. The Bertz CT molecular complexity index is 686. The van der Waals surface area contributed by atoms with E-state index >= 15 is 0 Å². The van der Waals surface area contributed by atoms with E-state index < -0.39 is 0 Å². The van der Waals surface area contributed by atoms with Crippen LogP contribution in [0.2, 0.25) is 0 Å². The molecule has 0 aliphatic carbocycles. The summed E-state index contributed by atoms with van der Waals surface area (Å²) in [4.78, 5) is 4.16. The summed E-state index contributed by atoms with van der Waals surface area (Å²) in [6, 6.07) is 12.2. The summed E-state index contributed by atoms with van der Waals surface area (Å²) in [6.07, 6.45) is 1.89. The number of aliphatic imine (C=N–C) groups is 1. The van der Waals surface area contributed by atoms with E-state index in [0.29, 0.717) is 8.58 Å². The van der Waals surface area contributed by atoms with Crippen molar-refractivity contribution in [3.05, 3.63) is 47.5 Å². The molecule has 0 saturated heterocycles. The van der Waals surface area contributed by atoms with Crippen LogP contribution < -0.4 is 20.1 Å². The predicted octanol–water partition coefficient (Wildman–Crippen LogP) is 2.66. The molecule has 0 saturated carbocycles. The van der Waals surface area contributed by atoms with Crippen LogP contribution >= 0.6 is 8.58 Å². The third kappa shape index (κ3) is 4.78. The molecule has 23 heavy (non-hydrogen) atoms. The van der Waals surface area contributed by atoms with Crippen molar-refractivity contribution in [1.82, 2.24) is 0 Å². The minimum atomic E-state index is 0.223. The maximum atomic E-state index is 5.68. The number of aryl methyl sites for hydroxylation is 1. The Morgan fingerprint density at radius 2 is 1.91 bits per heavy atom. The molecule has 2 aromatic carbocycles. The summed E-state index contributed by atoms with van der Waals surface area (Å²) < 4.78 is 16.0. The molecule has 2 aromatic rings. The van der Waals surface area contributed by atoms with Gasteiger partial charge in [0.05, 0.1) is 7.11 Å². The number of methoxy groups -OCH3 is 2. The summed E-state index contributed by atoms with van der Waals surface area (Å²) >= 11 is 0. The normalized spacial score (nSPS) is 11.5. The van der Waals surface area contributed by atoms with E-state index in [4.69, 9.17) is 14.2 Å². The lowest BCUT2D eigenvalue weighted by atomic mass is 10.1. The number of benzene rings is 2. The van der Waals surface area contributed by atoms with Crippen molar-refractivity contribution in [3.63, 3.8) is 0 Å². The van der Waals surface area contributed by atoms with Crippen molar-refractivity contribution in [1.29, 1.82) is 0 Å². The molecule has 0 aliphatic heterocycles. The Hall–Kier alpha value is -1.90. The maximum absolute atomic E-state index is 5.68. The van der Waals surface area contributed by atoms with Crippen molar-refractivity contribution in [3.8, 4) is 11.5 Å². The van der Waals surface area contributed by atoms with Crippen LogP contribution in [0.5, 0.6) is 11.5 Å². The molecule has 0 heterocycles. The summed E-state index contributed by atoms with van der Waals surface area (Å²) in [5.74, 6) is 1.63. The average Bonchev–Trinajstić information content (AvgIpc) is 2.56. The van der Waals surface area contributed by atoms with Gasteiger partial charge in [0.15, 0.2) is 6.79 Å². The van der Waals surface area contributed by atoms with Gasteiger partial charge in [-0.1, -0.05) is 26.3 Å². The molecule has 0 spiro atoms. The predicted molar refractivity (Wildman–Crippen MR) is 97.8 cm³/mol. The van der Waals surface area contributed by atoms with Crippen LogP contribution in [-0.2, 0) is 4.74 Å². The van der Waals surface area contributed by atoms with Crippen LogP contribution in [-0.4, -0.2) is 34.3 Å². The monoisotopic (exact) mass is 331 g/mol. The minimum absolute atomic E-state index is 0.223. The second-order valence-corrected chi connectivity index (χ2v) is 6.34. The van der Waals surface area contributed by atoms with Crippen molar-refractivity contribution >= 4 is 25.4 Å². The summed E-state index contributed by atoms with van der Waals surface area (Å²) in [5.41, 5.74) is 2.35. The summed E-state index contributed by atoms with van der Waals surface area (Å²) in [5, 5.41) is 2.30. The van der Waals surface area contributed by atoms with E-state index in [9.17, 15) is 0 Å². The van der Waals surface area contributed by atoms with Crippen LogP contribution in [0.15, 0.2) is 41.4 Å². The van der Waals surface area contributed by atoms with E-state index in [-0.39, 0.29) is 6.79 Å². The fourth-order valence-electron chi connectivity index (χ4n) is 2.17. The smallest absolute Gasteiger partial charge is 0.188 e. The Labute approximate surface area is 139 Å². The van der Waals surface area contributed by atoms with Crippen molar-refractivity contribution in [2.24, 2.45) is 4.99 Å². The third-order valence-electron chi connectivity index (χ3n) is 3.26. The lowest BCUT2D eigenvalue weighted by Crippen LogP contribution is -2.13. The zero-order valence-corrected chi connectivity index (χ0v) is 14.9. The molecule has 0 bridgehead atoms. The number of rotatable bonds is 7. The topological polar surface area (TPSA) is 40.0 Å². The second-order valence-electron chi connectivity index (χ2n) is 5.02. The molecule has 1 unspecified atom stereocenters. The van der Waals surface area contributed by atoms with Gasteiger partial charge in [-0.3, -0.25) is 4.99 Å².